The van der Waals surface area contributed by atoms with Crippen LogP contribution in [0.15, 0.2) is 0 Å². The Morgan fingerprint density at radius 2 is 1.90 bits per heavy atom. The fraction of sp³-hybridized carbons (Fsp3) is 0.938. The molecule has 3 aliphatic rings. The molecule has 3 fully saturated rings. The highest BCUT2D eigenvalue weighted by Gasteiger charge is 2.42. The summed E-state index contributed by atoms with van der Waals surface area (Å²) in [5.74, 6) is 0. The van der Waals surface area contributed by atoms with Gasteiger partial charge in [0.1, 0.15) is 5.54 Å². The molecule has 1 heterocycles. The predicted octanol–water partition coefficient (Wildman–Crippen LogP) is 2.05. The van der Waals surface area contributed by atoms with E-state index in [2.05, 4.69) is 23.3 Å². The average molecular weight is 277 g/mol. The van der Waals surface area contributed by atoms with Crippen LogP contribution in [0.5, 0.6) is 0 Å². The first kappa shape index (κ1) is 14.3. The lowest BCUT2D eigenvalue weighted by Gasteiger charge is -2.44. The summed E-state index contributed by atoms with van der Waals surface area (Å²) >= 11 is 0. The summed E-state index contributed by atoms with van der Waals surface area (Å²) in [6.45, 7) is 1.79. The molecule has 0 aromatic rings. The van der Waals surface area contributed by atoms with Crippen molar-refractivity contribution in [1.29, 1.82) is 5.26 Å². The van der Waals surface area contributed by atoms with Crippen molar-refractivity contribution < 1.29 is 4.74 Å². The molecule has 4 nitrogen and oxygen atoms in total. The van der Waals surface area contributed by atoms with Crippen LogP contribution in [0, 0.1) is 11.3 Å². The molecule has 1 aliphatic heterocycles. The predicted molar refractivity (Wildman–Crippen MR) is 78.4 cm³/mol. The highest BCUT2D eigenvalue weighted by molar-refractivity contribution is 5.13. The first-order valence-electron chi connectivity index (χ1n) is 8.21. The molecule has 0 aromatic heterocycles. The van der Waals surface area contributed by atoms with Crippen molar-refractivity contribution >= 4 is 0 Å². The maximum Gasteiger partial charge on any atom is 0.108 e. The van der Waals surface area contributed by atoms with Crippen molar-refractivity contribution in [2.45, 2.75) is 75.0 Å². The second-order valence-electron chi connectivity index (χ2n) is 6.87. The zero-order valence-corrected chi connectivity index (χ0v) is 12.6. The van der Waals surface area contributed by atoms with Gasteiger partial charge >= 0.3 is 0 Å². The third-order valence-corrected chi connectivity index (χ3v) is 5.34. The number of hydrogen-bond donors (Lipinski definition) is 1. The molecule has 0 aromatic carbocycles. The molecule has 0 spiro atoms. The van der Waals surface area contributed by atoms with Gasteiger partial charge in [-0.05, 0) is 58.4 Å². The first-order valence-corrected chi connectivity index (χ1v) is 8.21. The van der Waals surface area contributed by atoms with Gasteiger partial charge in [-0.2, -0.15) is 5.26 Å². The fourth-order valence-electron chi connectivity index (χ4n) is 3.87. The van der Waals surface area contributed by atoms with E-state index in [4.69, 9.17) is 4.74 Å². The average Bonchev–Trinajstić information content (AvgIpc) is 3.31. The quantitative estimate of drug-likeness (QED) is 0.854. The number of nitriles is 1. The molecule has 3 rings (SSSR count). The Labute approximate surface area is 122 Å². The molecule has 20 heavy (non-hydrogen) atoms. The van der Waals surface area contributed by atoms with E-state index in [1.54, 1.807) is 0 Å². The van der Waals surface area contributed by atoms with Crippen LogP contribution < -0.4 is 5.32 Å². The molecule has 1 N–H and O–H groups in total. The summed E-state index contributed by atoms with van der Waals surface area (Å²) in [4.78, 5) is 2.54. The van der Waals surface area contributed by atoms with Gasteiger partial charge < -0.3 is 9.64 Å². The van der Waals surface area contributed by atoms with Gasteiger partial charge in [0.2, 0.25) is 0 Å². The maximum absolute atomic E-state index is 9.68. The summed E-state index contributed by atoms with van der Waals surface area (Å²) < 4.78 is 5.47. The van der Waals surface area contributed by atoms with E-state index in [1.807, 2.05) is 0 Å². The molecule has 0 bridgehead atoms. The van der Waals surface area contributed by atoms with Crippen LogP contribution >= 0.6 is 0 Å². The number of rotatable bonds is 4. The van der Waals surface area contributed by atoms with Crippen molar-refractivity contribution in [3.63, 3.8) is 0 Å². The number of ether oxygens (including phenoxy) is 1. The van der Waals surface area contributed by atoms with E-state index in [9.17, 15) is 5.26 Å². The standard InChI is InChI=1S/C16H27N3O/c1-19(14-6-9-20-10-7-14)15-3-2-8-16(11-15,12-17)18-13-4-5-13/h13-15,18H,2-11H2,1H3. The van der Waals surface area contributed by atoms with E-state index >= 15 is 0 Å². The van der Waals surface area contributed by atoms with Gasteiger partial charge in [-0.1, -0.05) is 0 Å². The van der Waals surface area contributed by atoms with Crippen LogP contribution in [0.1, 0.15) is 51.4 Å². The van der Waals surface area contributed by atoms with Crippen LogP contribution in [0.4, 0.5) is 0 Å². The van der Waals surface area contributed by atoms with Crippen LogP contribution in [0.3, 0.4) is 0 Å². The van der Waals surface area contributed by atoms with Crippen molar-refractivity contribution in [2.75, 3.05) is 20.3 Å². The highest BCUT2D eigenvalue weighted by Crippen LogP contribution is 2.35. The first-order chi connectivity index (χ1) is 9.72. The van der Waals surface area contributed by atoms with Crippen LogP contribution in [-0.4, -0.2) is 48.8 Å². The Bertz CT molecular complexity index is 370. The summed E-state index contributed by atoms with van der Waals surface area (Å²) in [5.41, 5.74) is -0.260. The van der Waals surface area contributed by atoms with E-state index in [0.717, 1.165) is 38.9 Å². The van der Waals surface area contributed by atoms with Gasteiger partial charge in [-0.15, -0.1) is 0 Å². The fourth-order valence-corrected chi connectivity index (χ4v) is 3.87. The van der Waals surface area contributed by atoms with E-state index in [0.29, 0.717) is 18.1 Å². The molecule has 2 atom stereocenters. The van der Waals surface area contributed by atoms with E-state index < -0.39 is 0 Å². The Morgan fingerprint density at radius 1 is 1.15 bits per heavy atom. The minimum absolute atomic E-state index is 0.260. The van der Waals surface area contributed by atoms with Gasteiger partial charge in [0.05, 0.1) is 6.07 Å². The Balaban J connectivity index is 1.62. The van der Waals surface area contributed by atoms with Crippen LogP contribution in [-0.2, 0) is 4.74 Å². The molecular weight excluding hydrogens is 250 g/mol. The third kappa shape index (κ3) is 3.16. The monoisotopic (exact) mass is 277 g/mol. The molecule has 4 heteroatoms. The van der Waals surface area contributed by atoms with E-state index in [1.165, 1.54) is 25.7 Å². The van der Waals surface area contributed by atoms with Gasteiger partial charge in [0.25, 0.3) is 0 Å². The van der Waals surface area contributed by atoms with Gasteiger partial charge in [-0.3, -0.25) is 5.32 Å². The van der Waals surface area contributed by atoms with Crippen LogP contribution in [0.25, 0.3) is 0 Å². The van der Waals surface area contributed by atoms with Gasteiger partial charge in [-0.25, -0.2) is 0 Å². The molecule has 2 aliphatic carbocycles. The minimum atomic E-state index is -0.260. The van der Waals surface area contributed by atoms with E-state index in [-0.39, 0.29) is 5.54 Å². The minimum Gasteiger partial charge on any atom is -0.381 e. The lowest BCUT2D eigenvalue weighted by Crippen LogP contribution is -2.54. The molecule has 2 saturated carbocycles. The topological polar surface area (TPSA) is 48.3 Å². The van der Waals surface area contributed by atoms with Crippen molar-refractivity contribution in [1.82, 2.24) is 10.2 Å². The second-order valence-corrected chi connectivity index (χ2v) is 6.87. The zero-order valence-electron chi connectivity index (χ0n) is 12.6. The molecule has 112 valence electrons. The van der Waals surface area contributed by atoms with Crippen molar-refractivity contribution in [3.8, 4) is 6.07 Å². The Morgan fingerprint density at radius 3 is 2.55 bits per heavy atom. The molecule has 2 unspecified atom stereocenters. The second kappa shape index (κ2) is 6.01. The smallest absolute Gasteiger partial charge is 0.108 e. The summed E-state index contributed by atoms with van der Waals surface area (Å²) in [7, 11) is 2.26. The highest BCUT2D eigenvalue weighted by atomic mass is 16.5. The number of nitrogens with zero attached hydrogens (tertiary/aromatic N) is 2. The lowest BCUT2D eigenvalue weighted by molar-refractivity contribution is 0.0157. The number of hydrogen-bond acceptors (Lipinski definition) is 4. The SMILES string of the molecule is CN(C1CCOCC1)C1CCCC(C#N)(NC2CC2)C1. The third-order valence-electron chi connectivity index (χ3n) is 5.34. The molecule has 0 amide bonds. The summed E-state index contributed by atoms with van der Waals surface area (Å²) in [6, 6.07) is 4.42. The van der Waals surface area contributed by atoms with Gasteiger partial charge in [0.15, 0.2) is 0 Å². The summed E-state index contributed by atoms with van der Waals surface area (Å²) in [5, 5.41) is 13.3. The maximum atomic E-state index is 9.68. The Kier molecular flexibility index (Phi) is 4.30. The summed E-state index contributed by atoms with van der Waals surface area (Å²) in [6.07, 6.45) is 9.22. The lowest BCUT2D eigenvalue weighted by atomic mass is 9.78. The number of nitrogens with one attached hydrogen (secondary N) is 1. The largest absolute Gasteiger partial charge is 0.381 e. The molecule has 1 saturated heterocycles. The van der Waals surface area contributed by atoms with Crippen LogP contribution in [0.2, 0.25) is 0 Å². The molecular formula is C16H27N3O. The van der Waals surface area contributed by atoms with Gasteiger partial charge in [0, 0.05) is 31.3 Å². The van der Waals surface area contributed by atoms with Crippen molar-refractivity contribution in [2.24, 2.45) is 0 Å². The normalized spacial score (nSPS) is 36.0. The molecule has 0 radical (unpaired) electrons. The zero-order chi connectivity index (χ0) is 14.0. The van der Waals surface area contributed by atoms with Crippen molar-refractivity contribution in [3.05, 3.63) is 0 Å². The Hall–Kier alpha value is -0.630.